The lowest BCUT2D eigenvalue weighted by Gasteiger charge is -2.20. The quantitative estimate of drug-likeness (QED) is 0.771. The largest absolute Gasteiger partial charge is 0.480 e. The van der Waals surface area contributed by atoms with Crippen LogP contribution in [0.2, 0.25) is 0 Å². The standard InChI is InChI=1S/C10H17NO3.ClH/c11-8(10(13)14)6-9(12)7-4-2-1-3-5-7;/h7-8H,1-6,11H2,(H,13,14);1H. The molecule has 3 N–H and O–H groups in total. The lowest BCUT2D eigenvalue weighted by molar-refractivity contribution is -0.140. The van der Waals surface area contributed by atoms with E-state index >= 15 is 0 Å². The number of aliphatic carboxylic acids is 1. The Labute approximate surface area is 95.6 Å². The van der Waals surface area contributed by atoms with E-state index < -0.39 is 12.0 Å². The van der Waals surface area contributed by atoms with Crippen LogP contribution in [0, 0.1) is 5.92 Å². The van der Waals surface area contributed by atoms with E-state index in [0.717, 1.165) is 25.7 Å². The number of carboxylic acids is 1. The molecule has 0 amide bonds. The van der Waals surface area contributed by atoms with Crippen molar-refractivity contribution >= 4 is 24.2 Å². The van der Waals surface area contributed by atoms with Crippen LogP contribution in [0.3, 0.4) is 0 Å². The molecule has 5 heteroatoms. The minimum atomic E-state index is -1.09. The molecule has 0 bridgehead atoms. The van der Waals surface area contributed by atoms with Crippen molar-refractivity contribution in [2.24, 2.45) is 11.7 Å². The van der Waals surface area contributed by atoms with Crippen molar-refractivity contribution in [3.05, 3.63) is 0 Å². The molecule has 1 fully saturated rings. The Kier molecular flexibility index (Phi) is 6.52. The van der Waals surface area contributed by atoms with Crippen LogP contribution in [-0.2, 0) is 9.59 Å². The molecule has 1 saturated carbocycles. The van der Waals surface area contributed by atoms with Crippen molar-refractivity contribution in [2.75, 3.05) is 0 Å². The molecule has 4 nitrogen and oxygen atoms in total. The van der Waals surface area contributed by atoms with E-state index in [1.807, 2.05) is 0 Å². The van der Waals surface area contributed by atoms with Crippen LogP contribution in [0.5, 0.6) is 0 Å². The highest BCUT2D eigenvalue weighted by molar-refractivity contribution is 5.87. The summed E-state index contributed by atoms with van der Waals surface area (Å²) in [6.07, 6.45) is 5.16. The van der Waals surface area contributed by atoms with E-state index in [1.54, 1.807) is 0 Å². The molecule has 0 aliphatic heterocycles. The molecule has 0 saturated heterocycles. The lowest BCUT2D eigenvalue weighted by Crippen LogP contribution is -2.34. The van der Waals surface area contributed by atoms with Gasteiger partial charge in [0, 0.05) is 12.3 Å². The number of ketones is 1. The third-order valence-electron chi connectivity index (χ3n) is 2.80. The first-order valence-electron chi connectivity index (χ1n) is 5.12. The summed E-state index contributed by atoms with van der Waals surface area (Å²) in [7, 11) is 0. The Balaban J connectivity index is 0.00000196. The van der Waals surface area contributed by atoms with E-state index in [9.17, 15) is 9.59 Å². The minimum absolute atomic E-state index is 0. The summed E-state index contributed by atoms with van der Waals surface area (Å²) in [6.45, 7) is 0. The van der Waals surface area contributed by atoms with Gasteiger partial charge < -0.3 is 10.8 Å². The van der Waals surface area contributed by atoms with E-state index in [2.05, 4.69) is 0 Å². The number of nitrogens with two attached hydrogens (primary N) is 1. The molecule has 0 radical (unpaired) electrons. The summed E-state index contributed by atoms with van der Waals surface area (Å²) in [5.74, 6) is -0.997. The molecule has 0 aromatic heterocycles. The van der Waals surface area contributed by atoms with Gasteiger partial charge in [0.25, 0.3) is 0 Å². The molecule has 1 atom stereocenters. The van der Waals surface area contributed by atoms with Crippen LogP contribution in [0.25, 0.3) is 0 Å². The zero-order valence-corrected chi connectivity index (χ0v) is 9.46. The maximum absolute atomic E-state index is 11.6. The van der Waals surface area contributed by atoms with Gasteiger partial charge in [0.2, 0.25) is 0 Å². The number of carbonyl (C=O) groups excluding carboxylic acids is 1. The second kappa shape index (κ2) is 6.80. The smallest absolute Gasteiger partial charge is 0.320 e. The molecule has 0 aromatic rings. The number of Topliss-reactive ketones (excluding diaryl/α,β-unsaturated/α-hetero) is 1. The molecule has 0 aromatic carbocycles. The van der Waals surface area contributed by atoms with Gasteiger partial charge in [-0.2, -0.15) is 0 Å². The van der Waals surface area contributed by atoms with Crippen molar-refractivity contribution in [1.29, 1.82) is 0 Å². The molecule has 0 heterocycles. The molecule has 1 rings (SSSR count). The molecule has 1 aliphatic carbocycles. The Morgan fingerprint density at radius 1 is 1.27 bits per heavy atom. The normalized spacial score (nSPS) is 19.0. The summed E-state index contributed by atoms with van der Waals surface area (Å²) >= 11 is 0. The van der Waals surface area contributed by atoms with Crippen LogP contribution in [0.4, 0.5) is 0 Å². The van der Waals surface area contributed by atoms with Crippen LogP contribution in [0.15, 0.2) is 0 Å². The first-order valence-corrected chi connectivity index (χ1v) is 5.12. The molecular weight excluding hydrogens is 218 g/mol. The highest BCUT2D eigenvalue weighted by Gasteiger charge is 2.24. The number of carboxylic acid groups (broad SMARTS) is 1. The van der Waals surface area contributed by atoms with Gasteiger partial charge in [-0.05, 0) is 12.8 Å². The SMILES string of the molecule is Cl.NC(CC(=O)C1CCCCC1)C(=O)O. The number of halogens is 1. The van der Waals surface area contributed by atoms with Crippen LogP contribution >= 0.6 is 12.4 Å². The second-order valence-corrected chi connectivity index (χ2v) is 3.95. The third-order valence-corrected chi connectivity index (χ3v) is 2.80. The Morgan fingerprint density at radius 2 is 1.80 bits per heavy atom. The van der Waals surface area contributed by atoms with Crippen LogP contribution in [-0.4, -0.2) is 22.9 Å². The fourth-order valence-corrected chi connectivity index (χ4v) is 1.90. The van der Waals surface area contributed by atoms with Crippen molar-refractivity contribution < 1.29 is 14.7 Å². The molecule has 0 spiro atoms. The number of hydrogen-bond acceptors (Lipinski definition) is 3. The number of hydrogen-bond donors (Lipinski definition) is 2. The minimum Gasteiger partial charge on any atom is -0.480 e. The Hall–Kier alpha value is -0.610. The van der Waals surface area contributed by atoms with Crippen molar-refractivity contribution in [2.45, 2.75) is 44.6 Å². The Morgan fingerprint density at radius 3 is 2.27 bits per heavy atom. The van der Waals surface area contributed by atoms with E-state index in [4.69, 9.17) is 10.8 Å². The van der Waals surface area contributed by atoms with Crippen LogP contribution in [0.1, 0.15) is 38.5 Å². The topological polar surface area (TPSA) is 80.4 Å². The van der Waals surface area contributed by atoms with Gasteiger partial charge in [-0.25, -0.2) is 0 Å². The Bertz CT molecular complexity index is 227. The van der Waals surface area contributed by atoms with Crippen molar-refractivity contribution in [1.82, 2.24) is 0 Å². The van der Waals surface area contributed by atoms with Gasteiger partial charge >= 0.3 is 5.97 Å². The predicted octanol–water partition coefficient (Wildman–Crippen LogP) is 1.36. The van der Waals surface area contributed by atoms with Crippen molar-refractivity contribution in [3.8, 4) is 0 Å². The highest BCUT2D eigenvalue weighted by atomic mass is 35.5. The first kappa shape index (κ1) is 14.4. The monoisotopic (exact) mass is 235 g/mol. The molecule has 15 heavy (non-hydrogen) atoms. The van der Waals surface area contributed by atoms with Crippen LogP contribution < -0.4 is 5.73 Å². The number of rotatable bonds is 4. The van der Waals surface area contributed by atoms with Crippen molar-refractivity contribution in [3.63, 3.8) is 0 Å². The maximum atomic E-state index is 11.6. The highest BCUT2D eigenvalue weighted by Crippen LogP contribution is 2.25. The zero-order chi connectivity index (χ0) is 10.6. The summed E-state index contributed by atoms with van der Waals surface area (Å²) in [6, 6.07) is -1.02. The summed E-state index contributed by atoms with van der Waals surface area (Å²) in [5, 5.41) is 8.55. The second-order valence-electron chi connectivity index (χ2n) is 3.95. The molecule has 1 aliphatic rings. The van der Waals surface area contributed by atoms with Gasteiger partial charge in [-0.1, -0.05) is 19.3 Å². The fourth-order valence-electron chi connectivity index (χ4n) is 1.90. The lowest BCUT2D eigenvalue weighted by atomic mass is 9.84. The average Bonchev–Trinajstić information content (AvgIpc) is 2.19. The predicted molar refractivity (Wildman–Crippen MR) is 59.1 cm³/mol. The first-order chi connectivity index (χ1) is 6.61. The molecule has 88 valence electrons. The summed E-state index contributed by atoms with van der Waals surface area (Å²) in [5.41, 5.74) is 5.30. The fraction of sp³-hybridized carbons (Fsp3) is 0.800. The number of carbonyl (C=O) groups is 2. The van der Waals surface area contributed by atoms with Gasteiger partial charge in [0.05, 0.1) is 0 Å². The molecular formula is C10H18ClNO3. The average molecular weight is 236 g/mol. The van der Waals surface area contributed by atoms with Gasteiger partial charge in [0.15, 0.2) is 0 Å². The summed E-state index contributed by atoms with van der Waals surface area (Å²) in [4.78, 5) is 22.0. The third kappa shape index (κ3) is 4.62. The van der Waals surface area contributed by atoms with Gasteiger partial charge in [-0.15, -0.1) is 12.4 Å². The van der Waals surface area contributed by atoms with E-state index in [0.29, 0.717) is 0 Å². The summed E-state index contributed by atoms with van der Waals surface area (Å²) < 4.78 is 0. The molecule has 1 unspecified atom stereocenters. The zero-order valence-electron chi connectivity index (χ0n) is 8.65. The van der Waals surface area contributed by atoms with Gasteiger partial charge in [-0.3, -0.25) is 9.59 Å². The van der Waals surface area contributed by atoms with E-state index in [-0.39, 0.29) is 30.5 Å². The van der Waals surface area contributed by atoms with Gasteiger partial charge in [0.1, 0.15) is 11.8 Å². The van der Waals surface area contributed by atoms with E-state index in [1.165, 1.54) is 6.42 Å². The maximum Gasteiger partial charge on any atom is 0.320 e.